The Bertz CT molecular complexity index is 497. The second-order valence-electron chi connectivity index (χ2n) is 7.32. The summed E-state index contributed by atoms with van der Waals surface area (Å²) in [6, 6.07) is 0.674. The predicted molar refractivity (Wildman–Crippen MR) is 86.7 cm³/mol. The molecule has 1 N–H and O–H groups in total. The van der Waals surface area contributed by atoms with Gasteiger partial charge in [-0.1, -0.05) is 33.1 Å². The molecule has 2 fully saturated rings. The zero-order valence-electron chi connectivity index (χ0n) is 14.2. The first-order chi connectivity index (χ1) is 11.1. The first-order valence-corrected chi connectivity index (χ1v) is 8.91. The molecule has 1 aliphatic carbocycles. The van der Waals surface area contributed by atoms with Gasteiger partial charge < -0.3 is 5.32 Å². The van der Waals surface area contributed by atoms with Crippen LogP contribution in [0.3, 0.4) is 0 Å². The van der Waals surface area contributed by atoms with Gasteiger partial charge in [0.05, 0.1) is 12.1 Å². The molecule has 0 aromatic carbocycles. The van der Waals surface area contributed by atoms with Crippen LogP contribution in [-0.2, 0) is 4.79 Å². The first kappa shape index (κ1) is 16.4. The number of aromatic nitrogens is 4. The number of likely N-dealkylation sites (tertiary alicyclic amines) is 1. The minimum atomic E-state index is -0.0500. The fraction of sp³-hybridized carbons (Fsp3) is 0.875. The molecule has 0 bridgehead atoms. The van der Waals surface area contributed by atoms with Gasteiger partial charge in [0.15, 0.2) is 0 Å². The van der Waals surface area contributed by atoms with Crippen molar-refractivity contribution in [1.82, 2.24) is 30.4 Å². The van der Waals surface area contributed by atoms with Crippen molar-refractivity contribution in [2.45, 2.75) is 70.5 Å². The van der Waals surface area contributed by atoms with E-state index in [-0.39, 0.29) is 18.0 Å². The molecule has 2 heterocycles. The van der Waals surface area contributed by atoms with Crippen molar-refractivity contribution in [1.29, 1.82) is 0 Å². The summed E-state index contributed by atoms with van der Waals surface area (Å²) in [5.41, 5.74) is 0. The Hall–Kier alpha value is -1.50. The highest BCUT2D eigenvalue weighted by Gasteiger charge is 2.41. The molecule has 7 nitrogen and oxygen atoms in total. The van der Waals surface area contributed by atoms with Crippen LogP contribution >= 0.6 is 0 Å². The number of carbonyl (C=O) groups excluding carboxylic acids is 1. The quantitative estimate of drug-likeness (QED) is 0.887. The number of amides is 1. The van der Waals surface area contributed by atoms with Crippen LogP contribution in [0.25, 0.3) is 0 Å². The zero-order valence-corrected chi connectivity index (χ0v) is 14.2. The van der Waals surface area contributed by atoms with Gasteiger partial charge in [0, 0.05) is 19.1 Å². The van der Waals surface area contributed by atoms with E-state index in [0.717, 1.165) is 19.5 Å². The summed E-state index contributed by atoms with van der Waals surface area (Å²) in [5, 5.41) is 14.7. The number of hydrogen-bond acceptors (Lipinski definition) is 5. The lowest BCUT2D eigenvalue weighted by Gasteiger charge is -2.34. The molecule has 0 unspecified atom stereocenters. The number of carbonyl (C=O) groups is 1. The Labute approximate surface area is 137 Å². The topological polar surface area (TPSA) is 75.9 Å². The van der Waals surface area contributed by atoms with Crippen molar-refractivity contribution in [2.75, 3.05) is 13.1 Å². The molecule has 128 valence electrons. The maximum absolute atomic E-state index is 12.7. The maximum Gasteiger partial charge on any atom is 0.237 e. The number of nitrogens with zero attached hydrogens (tertiary/aromatic N) is 5. The Balaban J connectivity index is 1.71. The highest BCUT2D eigenvalue weighted by molar-refractivity contribution is 5.82. The van der Waals surface area contributed by atoms with E-state index in [0.29, 0.717) is 12.0 Å². The van der Waals surface area contributed by atoms with Crippen LogP contribution < -0.4 is 5.32 Å². The maximum atomic E-state index is 12.7. The van der Waals surface area contributed by atoms with E-state index in [1.54, 1.807) is 6.33 Å². The van der Waals surface area contributed by atoms with Crippen molar-refractivity contribution < 1.29 is 4.79 Å². The number of rotatable bonds is 5. The molecule has 2 aliphatic rings. The standard InChI is InChI=1S/C16H28N6O/c1-12(2)9-17-16(23)15-8-14(22-11-18-19-20-22)10-21(15)13-6-4-3-5-7-13/h11-15H,3-10H2,1-2H3,(H,17,23)/t14-,15+/m1/s1. The monoisotopic (exact) mass is 320 g/mol. The summed E-state index contributed by atoms with van der Waals surface area (Å²) in [7, 11) is 0. The molecule has 1 aromatic rings. The van der Waals surface area contributed by atoms with E-state index in [1.807, 2.05) is 4.68 Å². The Morgan fingerprint density at radius 1 is 1.26 bits per heavy atom. The lowest BCUT2D eigenvalue weighted by Crippen LogP contribution is -2.48. The summed E-state index contributed by atoms with van der Waals surface area (Å²) in [4.78, 5) is 15.1. The second kappa shape index (κ2) is 7.38. The molecule has 0 spiro atoms. The van der Waals surface area contributed by atoms with Gasteiger partial charge in [-0.2, -0.15) is 0 Å². The van der Waals surface area contributed by atoms with E-state index in [2.05, 4.69) is 39.6 Å². The van der Waals surface area contributed by atoms with Gasteiger partial charge in [-0.05, 0) is 35.6 Å². The first-order valence-electron chi connectivity index (χ1n) is 8.91. The van der Waals surface area contributed by atoms with Crippen LogP contribution in [-0.4, -0.2) is 56.2 Å². The molecule has 0 radical (unpaired) electrons. The number of tetrazole rings is 1. The molecular formula is C16H28N6O. The fourth-order valence-corrected chi connectivity index (χ4v) is 3.86. The van der Waals surface area contributed by atoms with E-state index < -0.39 is 0 Å². The van der Waals surface area contributed by atoms with Gasteiger partial charge in [-0.15, -0.1) is 5.10 Å². The Kier molecular flexibility index (Phi) is 5.25. The number of nitrogens with one attached hydrogen (secondary N) is 1. The van der Waals surface area contributed by atoms with Crippen LogP contribution in [0, 0.1) is 5.92 Å². The minimum Gasteiger partial charge on any atom is -0.354 e. The van der Waals surface area contributed by atoms with Gasteiger partial charge in [0.2, 0.25) is 5.91 Å². The molecular weight excluding hydrogens is 292 g/mol. The van der Waals surface area contributed by atoms with Crippen molar-refractivity contribution in [3.05, 3.63) is 6.33 Å². The van der Waals surface area contributed by atoms with E-state index >= 15 is 0 Å². The van der Waals surface area contributed by atoms with E-state index in [9.17, 15) is 4.79 Å². The summed E-state index contributed by atoms with van der Waals surface area (Å²) in [6.45, 7) is 5.86. The predicted octanol–water partition coefficient (Wildman–Crippen LogP) is 1.39. The van der Waals surface area contributed by atoms with E-state index in [1.165, 1.54) is 32.1 Å². The van der Waals surface area contributed by atoms with Crippen molar-refractivity contribution in [3.8, 4) is 0 Å². The third-order valence-corrected chi connectivity index (χ3v) is 5.09. The highest BCUT2D eigenvalue weighted by Crippen LogP contribution is 2.33. The van der Waals surface area contributed by atoms with Gasteiger partial charge >= 0.3 is 0 Å². The van der Waals surface area contributed by atoms with Crippen molar-refractivity contribution in [2.24, 2.45) is 5.92 Å². The molecule has 7 heteroatoms. The minimum absolute atomic E-state index is 0.0500. The molecule has 23 heavy (non-hydrogen) atoms. The summed E-state index contributed by atoms with van der Waals surface area (Å²) >= 11 is 0. The lowest BCUT2D eigenvalue weighted by molar-refractivity contribution is -0.126. The largest absolute Gasteiger partial charge is 0.354 e. The summed E-state index contributed by atoms with van der Waals surface area (Å²) < 4.78 is 1.81. The molecule has 1 aromatic heterocycles. The summed E-state index contributed by atoms with van der Waals surface area (Å²) in [6.07, 6.45) is 8.75. The second-order valence-corrected chi connectivity index (χ2v) is 7.32. The average Bonchev–Trinajstić information content (AvgIpc) is 3.22. The normalized spacial score (nSPS) is 26.7. The smallest absolute Gasteiger partial charge is 0.237 e. The summed E-state index contributed by atoms with van der Waals surface area (Å²) in [5.74, 6) is 0.638. The molecule has 1 amide bonds. The van der Waals surface area contributed by atoms with Crippen molar-refractivity contribution in [3.63, 3.8) is 0 Å². The molecule has 1 aliphatic heterocycles. The van der Waals surface area contributed by atoms with E-state index in [4.69, 9.17) is 0 Å². The third kappa shape index (κ3) is 3.88. The van der Waals surface area contributed by atoms with Crippen LogP contribution in [0.1, 0.15) is 58.4 Å². The Morgan fingerprint density at radius 3 is 2.70 bits per heavy atom. The zero-order chi connectivity index (χ0) is 16.2. The van der Waals surface area contributed by atoms with Gasteiger partial charge in [-0.3, -0.25) is 9.69 Å². The lowest BCUT2D eigenvalue weighted by atomic mass is 9.93. The van der Waals surface area contributed by atoms with Crippen LogP contribution in [0.15, 0.2) is 6.33 Å². The highest BCUT2D eigenvalue weighted by atomic mass is 16.2. The van der Waals surface area contributed by atoms with Gasteiger partial charge in [-0.25, -0.2) is 4.68 Å². The van der Waals surface area contributed by atoms with Crippen molar-refractivity contribution >= 4 is 5.91 Å². The molecule has 1 saturated carbocycles. The van der Waals surface area contributed by atoms with Crippen LogP contribution in [0.2, 0.25) is 0 Å². The SMILES string of the molecule is CC(C)CNC(=O)[C@@H]1C[C@@H](n2cnnn2)CN1C1CCCCC1. The molecule has 3 rings (SSSR count). The average molecular weight is 320 g/mol. The van der Waals surface area contributed by atoms with Gasteiger partial charge in [0.1, 0.15) is 6.33 Å². The van der Waals surface area contributed by atoms with Gasteiger partial charge in [0.25, 0.3) is 0 Å². The van der Waals surface area contributed by atoms with Crippen LogP contribution in [0.5, 0.6) is 0 Å². The molecule has 1 saturated heterocycles. The molecule has 2 atom stereocenters. The fourth-order valence-electron chi connectivity index (χ4n) is 3.86. The third-order valence-electron chi connectivity index (χ3n) is 5.09. The van der Waals surface area contributed by atoms with Crippen LogP contribution in [0.4, 0.5) is 0 Å². The Morgan fingerprint density at radius 2 is 2.04 bits per heavy atom. The number of hydrogen-bond donors (Lipinski definition) is 1.